The normalized spacial score (nSPS) is 14.1. The van der Waals surface area contributed by atoms with Gasteiger partial charge in [-0.2, -0.15) is 39.5 Å². The lowest BCUT2D eigenvalue weighted by Crippen LogP contribution is -2.32. The molecule has 0 aliphatic rings. The Kier molecular flexibility index (Phi) is 7.52. The zero-order chi connectivity index (χ0) is 20.9. The zero-order valence-corrected chi connectivity index (χ0v) is 13.4. The van der Waals surface area contributed by atoms with Gasteiger partial charge in [0.2, 0.25) is 5.91 Å². The molecule has 0 spiro atoms. The molecule has 0 fully saturated rings. The van der Waals surface area contributed by atoms with Crippen molar-refractivity contribution in [3.8, 4) is 0 Å². The van der Waals surface area contributed by atoms with Gasteiger partial charge in [0.05, 0.1) is 24.6 Å². The van der Waals surface area contributed by atoms with E-state index in [-0.39, 0.29) is 5.56 Å². The van der Waals surface area contributed by atoms with Crippen LogP contribution < -0.4 is 5.32 Å². The first-order chi connectivity index (χ1) is 12.2. The fourth-order valence-electron chi connectivity index (χ4n) is 2.01. The summed E-state index contributed by atoms with van der Waals surface area (Å²) in [6.07, 6.45) is -16.3. The molecule has 1 aromatic carbocycles. The van der Waals surface area contributed by atoms with Crippen molar-refractivity contribution in [3.05, 3.63) is 35.4 Å². The molecule has 0 heterocycles. The molecule has 0 saturated heterocycles. The van der Waals surface area contributed by atoms with Gasteiger partial charge >= 0.3 is 18.5 Å². The summed E-state index contributed by atoms with van der Waals surface area (Å²) >= 11 is 0. The first-order valence-corrected chi connectivity index (χ1v) is 7.35. The lowest BCUT2D eigenvalue weighted by Gasteiger charge is -2.21. The molecule has 3 nitrogen and oxygen atoms in total. The molecule has 1 unspecified atom stereocenters. The van der Waals surface area contributed by atoms with Gasteiger partial charge < -0.3 is 10.1 Å². The van der Waals surface area contributed by atoms with E-state index in [2.05, 4.69) is 4.74 Å². The third kappa shape index (κ3) is 9.50. The highest BCUT2D eigenvalue weighted by Crippen LogP contribution is 2.33. The maximum Gasteiger partial charge on any atom is 0.416 e. The smallest absolute Gasteiger partial charge is 0.372 e. The summed E-state index contributed by atoms with van der Waals surface area (Å²) in [6.45, 7) is -2.30. The second-order valence-corrected chi connectivity index (χ2v) is 5.48. The van der Waals surface area contributed by atoms with Crippen LogP contribution in [0.5, 0.6) is 0 Å². The molecule has 0 aromatic heterocycles. The van der Waals surface area contributed by atoms with Gasteiger partial charge in [-0.25, -0.2) is 0 Å². The third-order valence-corrected chi connectivity index (χ3v) is 3.15. The number of hydrogen-bond donors (Lipinski definition) is 1. The Morgan fingerprint density at radius 1 is 0.926 bits per heavy atom. The molecule has 1 atom stereocenters. The SMILES string of the molecule is O=C(CCOCC(F)(F)F)NC(CC(F)(F)F)c1ccc(C(F)(F)F)cc1. The Labute approximate surface area is 147 Å². The number of carbonyl (C=O) groups is 1. The number of carbonyl (C=O) groups excluding carboxylic acids is 1. The van der Waals surface area contributed by atoms with Crippen LogP contribution in [-0.2, 0) is 15.7 Å². The molecular weight excluding hydrogens is 397 g/mol. The number of rotatable bonds is 7. The molecule has 0 bridgehead atoms. The van der Waals surface area contributed by atoms with E-state index in [0.29, 0.717) is 12.1 Å². The molecule has 0 saturated carbocycles. The summed E-state index contributed by atoms with van der Waals surface area (Å²) in [6, 6.07) is 1.02. The summed E-state index contributed by atoms with van der Waals surface area (Å²) in [7, 11) is 0. The molecule has 12 heteroatoms. The number of amides is 1. The number of nitrogens with one attached hydrogen (secondary N) is 1. The van der Waals surface area contributed by atoms with Crippen molar-refractivity contribution >= 4 is 5.91 Å². The van der Waals surface area contributed by atoms with Crippen molar-refractivity contribution in [3.63, 3.8) is 0 Å². The Hall–Kier alpha value is -1.98. The van der Waals surface area contributed by atoms with Crippen molar-refractivity contribution in [2.45, 2.75) is 37.4 Å². The maximum atomic E-state index is 12.7. The molecule has 1 amide bonds. The molecule has 1 aromatic rings. The minimum atomic E-state index is -4.74. The van der Waals surface area contributed by atoms with Crippen molar-refractivity contribution in [1.82, 2.24) is 5.32 Å². The molecule has 0 aliphatic heterocycles. The first kappa shape index (κ1) is 23.1. The van der Waals surface area contributed by atoms with Crippen LogP contribution >= 0.6 is 0 Å². The van der Waals surface area contributed by atoms with Crippen molar-refractivity contribution in [2.24, 2.45) is 0 Å². The van der Waals surface area contributed by atoms with Crippen LogP contribution in [0.15, 0.2) is 24.3 Å². The highest BCUT2D eigenvalue weighted by molar-refractivity contribution is 5.76. The van der Waals surface area contributed by atoms with Crippen molar-refractivity contribution in [2.75, 3.05) is 13.2 Å². The number of alkyl halides is 9. The van der Waals surface area contributed by atoms with Gasteiger partial charge in [-0.15, -0.1) is 0 Å². The van der Waals surface area contributed by atoms with Gasteiger partial charge in [0.15, 0.2) is 0 Å². The summed E-state index contributed by atoms with van der Waals surface area (Å²) in [5.41, 5.74) is -1.31. The van der Waals surface area contributed by atoms with Gasteiger partial charge in [-0.3, -0.25) is 4.79 Å². The van der Waals surface area contributed by atoms with Crippen LogP contribution in [0.4, 0.5) is 39.5 Å². The average molecular weight is 411 g/mol. The highest BCUT2D eigenvalue weighted by atomic mass is 19.4. The summed E-state index contributed by atoms with van der Waals surface area (Å²) in [4.78, 5) is 11.6. The Morgan fingerprint density at radius 2 is 1.48 bits per heavy atom. The number of hydrogen-bond acceptors (Lipinski definition) is 2. The van der Waals surface area contributed by atoms with Crippen LogP contribution in [0.3, 0.4) is 0 Å². The second kappa shape index (κ2) is 8.81. The largest absolute Gasteiger partial charge is 0.416 e. The number of benzene rings is 1. The predicted octanol–water partition coefficient (Wildman–Crippen LogP) is 4.78. The van der Waals surface area contributed by atoms with Crippen LogP contribution in [0.25, 0.3) is 0 Å². The average Bonchev–Trinajstić information content (AvgIpc) is 2.48. The highest BCUT2D eigenvalue weighted by Gasteiger charge is 2.35. The second-order valence-electron chi connectivity index (χ2n) is 5.48. The Morgan fingerprint density at radius 3 is 1.93 bits per heavy atom. The minimum Gasteiger partial charge on any atom is -0.372 e. The van der Waals surface area contributed by atoms with Gasteiger partial charge in [0.1, 0.15) is 6.61 Å². The van der Waals surface area contributed by atoms with E-state index in [0.717, 1.165) is 12.1 Å². The molecule has 154 valence electrons. The molecule has 27 heavy (non-hydrogen) atoms. The van der Waals surface area contributed by atoms with E-state index in [1.807, 2.05) is 5.32 Å². The first-order valence-electron chi connectivity index (χ1n) is 7.35. The Balaban J connectivity index is 2.76. The van der Waals surface area contributed by atoms with Crippen molar-refractivity contribution in [1.29, 1.82) is 0 Å². The lowest BCUT2D eigenvalue weighted by atomic mass is 10.0. The fraction of sp³-hybridized carbons (Fsp3) is 0.533. The molecular formula is C15H14F9NO2. The fourth-order valence-corrected chi connectivity index (χ4v) is 2.01. The maximum absolute atomic E-state index is 12.7. The van der Waals surface area contributed by atoms with Crippen LogP contribution in [0, 0.1) is 0 Å². The van der Waals surface area contributed by atoms with E-state index < -0.39 is 62.1 Å². The van der Waals surface area contributed by atoms with Crippen molar-refractivity contribution < 1.29 is 49.0 Å². The molecule has 0 aliphatic carbocycles. The predicted molar refractivity (Wildman–Crippen MR) is 74.5 cm³/mol. The number of ether oxygens (including phenoxy) is 1. The summed E-state index contributed by atoms with van der Waals surface area (Å²) in [5.74, 6) is -1.04. The monoisotopic (exact) mass is 411 g/mol. The van der Waals surface area contributed by atoms with E-state index >= 15 is 0 Å². The van der Waals surface area contributed by atoms with Crippen LogP contribution in [0.2, 0.25) is 0 Å². The standard InChI is InChI=1S/C15H14F9NO2/c16-13(17,18)7-11(9-1-3-10(4-2-9)15(22,23)24)25-12(26)5-6-27-8-14(19,20)21/h1-4,11H,5-8H2,(H,25,26). The van der Waals surface area contributed by atoms with Gasteiger partial charge in [0.25, 0.3) is 0 Å². The van der Waals surface area contributed by atoms with E-state index in [9.17, 15) is 44.3 Å². The summed E-state index contributed by atoms with van der Waals surface area (Å²) in [5, 5.41) is 1.94. The lowest BCUT2D eigenvalue weighted by molar-refractivity contribution is -0.175. The zero-order valence-electron chi connectivity index (χ0n) is 13.4. The Bertz CT molecular complexity index is 606. The minimum absolute atomic E-state index is 0.232. The van der Waals surface area contributed by atoms with E-state index in [4.69, 9.17) is 0 Å². The van der Waals surface area contributed by atoms with Crippen LogP contribution in [-0.4, -0.2) is 31.5 Å². The van der Waals surface area contributed by atoms with E-state index in [1.54, 1.807) is 0 Å². The summed E-state index contributed by atoms with van der Waals surface area (Å²) < 4.78 is 115. The molecule has 0 radical (unpaired) electrons. The van der Waals surface area contributed by atoms with E-state index in [1.165, 1.54) is 0 Å². The molecule has 1 rings (SSSR count). The van der Waals surface area contributed by atoms with Gasteiger partial charge in [0, 0.05) is 6.42 Å². The molecule has 1 N–H and O–H groups in total. The topological polar surface area (TPSA) is 38.3 Å². The van der Waals surface area contributed by atoms with Gasteiger partial charge in [-0.05, 0) is 17.7 Å². The number of halogens is 9. The van der Waals surface area contributed by atoms with Crippen LogP contribution in [0.1, 0.15) is 30.0 Å². The quantitative estimate of drug-likeness (QED) is 0.518. The third-order valence-electron chi connectivity index (χ3n) is 3.15. The van der Waals surface area contributed by atoms with Gasteiger partial charge in [-0.1, -0.05) is 12.1 Å².